The Labute approximate surface area is 125 Å². The number of carbonyl (C=O) groups excluding carboxylic acids is 1. The molecular weight excluding hydrogens is 268 g/mol. The van der Waals surface area contributed by atoms with E-state index in [1.54, 1.807) is 6.20 Å². The van der Waals surface area contributed by atoms with Crippen molar-refractivity contribution in [2.75, 3.05) is 18.0 Å². The molecule has 6 nitrogen and oxygen atoms in total. The van der Waals surface area contributed by atoms with E-state index in [2.05, 4.69) is 20.2 Å². The van der Waals surface area contributed by atoms with E-state index in [1.807, 2.05) is 33.8 Å². The molecule has 0 bridgehead atoms. The third-order valence-electron chi connectivity index (χ3n) is 3.30. The molecule has 1 saturated heterocycles. The summed E-state index contributed by atoms with van der Waals surface area (Å²) in [6, 6.07) is 2.10. The van der Waals surface area contributed by atoms with E-state index in [4.69, 9.17) is 4.74 Å². The van der Waals surface area contributed by atoms with Crippen LogP contribution in [0.4, 0.5) is 10.7 Å². The minimum atomic E-state index is -0.473. The summed E-state index contributed by atoms with van der Waals surface area (Å²) in [5.41, 5.74) is 0.477. The number of hydrogen-bond acceptors (Lipinski definition) is 5. The fraction of sp³-hybridized carbons (Fsp3) is 0.667. The Hall–Kier alpha value is -1.85. The van der Waals surface area contributed by atoms with Gasteiger partial charge in [-0.1, -0.05) is 0 Å². The Balaban J connectivity index is 1.92. The lowest BCUT2D eigenvalue weighted by Crippen LogP contribution is -2.42. The Morgan fingerprint density at radius 3 is 2.95 bits per heavy atom. The van der Waals surface area contributed by atoms with Crippen LogP contribution in [-0.2, 0) is 4.74 Å². The van der Waals surface area contributed by atoms with Crippen molar-refractivity contribution in [3.05, 3.63) is 18.0 Å². The fourth-order valence-electron chi connectivity index (χ4n) is 2.40. The first-order valence-corrected chi connectivity index (χ1v) is 7.38. The summed E-state index contributed by atoms with van der Waals surface area (Å²) < 4.78 is 5.26. The third kappa shape index (κ3) is 4.58. The highest BCUT2D eigenvalue weighted by atomic mass is 16.6. The number of amides is 1. The standard InChI is InChI=1S/C15H24N4O2/c1-11-7-8-16-13(18-11)19-9-5-6-12(19)10-17-14(20)21-15(2,3)4/h7-8,12H,5-6,9-10H2,1-4H3,(H,17,20). The molecule has 2 rings (SSSR count). The summed E-state index contributed by atoms with van der Waals surface area (Å²) in [4.78, 5) is 22.7. The molecule has 1 aromatic rings. The molecule has 6 heteroatoms. The maximum atomic E-state index is 11.7. The lowest BCUT2D eigenvalue weighted by Gasteiger charge is -2.26. The zero-order valence-electron chi connectivity index (χ0n) is 13.2. The van der Waals surface area contributed by atoms with Crippen LogP contribution in [-0.4, -0.2) is 40.8 Å². The second-order valence-corrected chi connectivity index (χ2v) is 6.37. The molecule has 1 aliphatic rings. The van der Waals surface area contributed by atoms with Crippen molar-refractivity contribution in [3.8, 4) is 0 Å². The second kappa shape index (κ2) is 6.28. The number of nitrogens with zero attached hydrogens (tertiary/aromatic N) is 3. The summed E-state index contributed by atoms with van der Waals surface area (Å²) in [7, 11) is 0. The van der Waals surface area contributed by atoms with Crippen LogP contribution in [0.2, 0.25) is 0 Å². The average molecular weight is 292 g/mol. The maximum Gasteiger partial charge on any atom is 0.407 e. The van der Waals surface area contributed by atoms with Crippen molar-refractivity contribution in [1.29, 1.82) is 0 Å². The minimum absolute atomic E-state index is 0.222. The van der Waals surface area contributed by atoms with Gasteiger partial charge in [-0.15, -0.1) is 0 Å². The van der Waals surface area contributed by atoms with Gasteiger partial charge in [-0.2, -0.15) is 0 Å². The molecule has 0 aliphatic carbocycles. The van der Waals surface area contributed by atoms with Crippen molar-refractivity contribution >= 4 is 12.0 Å². The highest BCUT2D eigenvalue weighted by Crippen LogP contribution is 2.21. The van der Waals surface area contributed by atoms with Gasteiger partial charge in [0.1, 0.15) is 5.60 Å². The van der Waals surface area contributed by atoms with E-state index in [1.165, 1.54) is 0 Å². The van der Waals surface area contributed by atoms with Gasteiger partial charge in [-0.3, -0.25) is 0 Å². The molecule has 0 radical (unpaired) electrons. The molecule has 1 aliphatic heterocycles. The fourth-order valence-corrected chi connectivity index (χ4v) is 2.40. The largest absolute Gasteiger partial charge is 0.444 e. The quantitative estimate of drug-likeness (QED) is 0.925. The molecule has 0 saturated carbocycles. The smallest absolute Gasteiger partial charge is 0.407 e. The molecule has 1 aromatic heterocycles. The Kier molecular flexibility index (Phi) is 4.65. The van der Waals surface area contributed by atoms with Gasteiger partial charge in [0.2, 0.25) is 5.95 Å². The van der Waals surface area contributed by atoms with E-state index >= 15 is 0 Å². The van der Waals surface area contributed by atoms with Crippen LogP contribution in [0.15, 0.2) is 12.3 Å². The normalized spacial score (nSPS) is 18.7. The van der Waals surface area contributed by atoms with Gasteiger partial charge in [0.25, 0.3) is 0 Å². The zero-order chi connectivity index (χ0) is 15.5. The molecule has 116 valence electrons. The van der Waals surface area contributed by atoms with Gasteiger partial charge in [0, 0.05) is 31.0 Å². The summed E-state index contributed by atoms with van der Waals surface area (Å²) in [5.74, 6) is 0.739. The SMILES string of the molecule is Cc1ccnc(N2CCCC2CNC(=O)OC(C)(C)C)n1. The van der Waals surface area contributed by atoms with Crippen molar-refractivity contribution in [2.24, 2.45) is 0 Å². The van der Waals surface area contributed by atoms with Crippen LogP contribution in [0.5, 0.6) is 0 Å². The number of hydrogen-bond donors (Lipinski definition) is 1. The molecule has 1 N–H and O–H groups in total. The number of anilines is 1. The van der Waals surface area contributed by atoms with Crippen LogP contribution in [0.1, 0.15) is 39.3 Å². The highest BCUT2D eigenvalue weighted by molar-refractivity contribution is 5.67. The summed E-state index contributed by atoms with van der Waals surface area (Å²) in [5, 5.41) is 2.84. The van der Waals surface area contributed by atoms with Gasteiger partial charge in [0.05, 0.1) is 0 Å². The van der Waals surface area contributed by atoms with Crippen LogP contribution in [0, 0.1) is 6.92 Å². The first-order chi connectivity index (χ1) is 9.85. The Morgan fingerprint density at radius 1 is 1.52 bits per heavy atom. The number of nitrogens with one attached hydrogen (secondary N) is 1. The zero-order valence-corrected chi connectivity index (χ0v) is 13.2. The molecule has 1 fully saturated rings. The van der Waals surface area contributed by atoms with Gasteiger partial charge < -0.3 is 15.0 Å². The predicted octanol–water partition coefficient (Wildman–Crippen LogP) is 2.28. The summed E-state index contributed by atoms with van der Waals surface area (Å²) in [6.07, 6.45) is 3.50. The van der Waals surface area contributed by atoms with E-state index in [0.717, 1.165) is 31.0 Å². The van der Waals surface area contributed by atoms with Gasteiger partial charge in [0.15, 0.2) is 0 Å². The van der Waals surface area contributed by atoms with E-state index in [9.17, 15) is 4.79 Å². The number of rotatable bonds is 3. The van der Waals surface area contributed by atoms with Crippen LogP contribution < -0.4 is 10.2 Å². The molecule has 1 amide bonds. The lowest BCUT2D eigenvalue weighted by molar-refractivity contribution is 0.0525. The summed E-state index contributed by atoms with van der Waals surface area (Å²) in [6.45, 7) is 8.99. The van der Waals surface area contributed by atoms with Crippen LogP contribution in [0.3, 0.4) is 0 Å². The van der Waals surface area contributed by atoms with E-state index < -0.39 is 5.60 Å². The van der Waals surface area contributed by atoms with E-state index in [0.29, 0.717) is 6.54 Å². The van der Waals surface area contributed by atoms with E-state index in [-0.39, 0.29) is 12.1 Å². The monoisotopic (exact) mass is 292 g/mol. The molecule has 0 aromatic carbocycles. The van der Waals surface area contributed by atoms with Gasteiger partial charge in [-0.05, 0) is 46.6 Å². The molecular formula is C15H24N4O2. The molecule has 21 heavy (non-hydrogen) atoms. The number of alkyl carbamates (subject to hydrolysis) is 1. The maximum absolute atomic E-state index is 11.7. The van der Waals surface area contributed by atoms with Crippen molar-refractivity contribution in [1.82, 2.24) is 15.3 Å². The molecule has 1 unspecified atom stereocenters. The minimum Gasteiger partial charge on any atom is -0.444 e. The number of aryl methyl sites for hydroxylation is 1. The van der Waals surface area contributed by atoms with Gasteiger partial charge in [-0.25, -0.2) is 14.8 Å². The molecule has 0 spiro atoms. The first kappa shape index (κ1) is 15.5. The number of carbonyl (C=O) groups is 1. The Bertz CT molecular complexity index is 499. The van der Waals surface area contributed by atoms with Crippen molar-refractivity contribution in [2.45, 2.75) is 52.2 Å². The van der Waals surface area contributed by atoms with Crippen molar-refractivity contribution in [3.63, 3.8) is 0 Å². The third-order valence-corrected chi connectivity index (χ3v) is 3.30. The number of aromatic nitrogens is 2. The van der Waals surface area contributed by atoms with Gasteiger partial charge >= 0.3 is 6.09 Å². The highest BCUT2D eigenvalue weighted by Gasteiger charge is 2.27. The Morgan fingerprint density at radius 2 is 2.29 bits per heavy atom. The van der Waals surface area contributed by atoms with Crippen molar-refractivity contribution < 1.29 is 9.53 Å². The predicted molar refractivity (Wildman–Crippen MR) is 81.4 cm³/mol. The second-order valence-electron chi connectivity index (χ2n) is 6.37. The summed E-state index contributed by atoms with van der Waals surface area (Å²) >= 11 is 0. The number of ether oxygens (including phenoxy) is 1. The molecule has 1 atom stereocenters. The molecule has 2 heterocycles. The topological polar surface area (TPSA) is 67.4 Å². The first-order valence-electron chi connectivity index (χ1n) is 7.38. The lowest BCUT2D eigenvalue weighted by atomic mass is 10.2. The average Bonchev–Trinajstić information content (AvgIpc) is 2.82. The van der Waals surface area contributed by atoms with Crippen LogP contribution >= 0.6 is 0 Å². The van der Waals surface area contributed by atoms with Crippen LogP contribution in [0.25, 0.3) is 0 Å².